The van der Waals surface area contributed by atoms with Crippen molar-refractivity contribution < 1.29 is 26.3 Å². The largest absolute Gasteiger partial charge is 0.416 e. The van der Waals surface area contributed by atoms with Crippen molar-refractivity contribution in [3.8, 4) is 0 Å². The van der Waals surface area contributed by atoms with Crippen LogP contribution in [0.1, 0.15) is 28.7 Å². The molecule has 2 aromatic carbocycles. The third-order valence-corrected chi connectivity index (χ3v) is 5.38. The Bertz CT molecular complexity index is 1210. The minimum atomic E-state index is -4.94. The Labute approximate surface area is 185 Å². The summed E-state index contributed by atoms with van der Waals surface area (Å²) >= 11 is 0. The predicted octanol–water partition coefficient (Wildman–Crippen LogP) is 7.52. The number of aryl methyl sites for hydroxylation is 1. The van der Waals surface area contributed by atoms with Crippen molar-refractivity contribution in [2.24, 2.45) is 0 Å². The summed E-state index contributed by atoms with van der Waals surface area (Å²) < 4.78 is 83.0. The van der Waals surface area contributed by atoms with Crippen molar-refractivity contribution in [2.45, 2.75) is 31.6 Å². The fraction of sp³-hybridized carbons (Fsp3) is 0.208. The number of halogens is 6. The summed E-state index contributed by atoms with van der Waals surface area (Å²) in [5.41, 5.74) is -1.55. The molecule has 0 aliphatic rings. The molecule has 2 heterocycles. The first kappa shape index (κ1) is 22.7. The topological polar surface area (TPSA) is 40.7 Å². The van der Waals surface area contributed by atoms with Gasteiger partial charge in [-0.15, -0.1) is 0 Å². The third kappa shape index (κ3) is 5.13. The standard InChI is InChI=1S/C24H19F6N3/c25-23(26,27)20-12-17(33-16-8-10-31-11-9-16)13-21(24(28,29)30)19(20)6-3-4-15-14-32-22-7-2-1-5-18(15)22/h1-2,5,7-14,32H,3-4,6H2,(H,31,33). The van der Waals surface area contributed by atoms with Crippen molar-refractivity contribution in [1.29, 1.82) is 0 Å². The molecule has 4 aromatic rings. The molecule has 4 rings (SSSR count). The highest BCUT2D eigenvalue weighted by Gasteiger charge is 2.41. The van der Waals surface area contributed by atoms with Gasteiger partial charge in [-0.05, 0) is 60.7 Å². The molecule has 0 fully saturated rings. The van der Waals surface area contributed by atoms with Gasteiger partial charge in [0.15, 0.2) is 0 Å². The van der Waals surface area contributed by atoms with E-state index >= 15 is 0 Å². The fourth-order valence-corrected chi connectivity index (χ4v) is 3.92. The summed E-state index contributed by atoms with van der Waals surface area (Å²) in [5.74, 6) is 0. The lowest BCUT2D eigenvalue weighted by molar-refractivity contribution is -0.144. The van der Waals surface area contributed by atoms with E-state index in [2.05, 4.69) is 15.3 Å². The van der Waals surface area contributed by atoms with Crippen molar-refractivity contribution in [3.63, 3.8) is 0 Å². The average Bonchev–Trinajstić information content (AvgIpc) is 3.17. The van der Waals surface area contributed by atoms with E-state index in [4.69, 9.17) is 0 Å². The number of benzene rings is 2. The second kappa shape index (κ2) is 8.80. The fourth-order valence-electron chi connectivity index (χ4n) is 3.92. The predicted molar refractivity (Wildman–Crippen MR) is 114 cm³/mol. The molecule has 0 bridgehead atoms. The van der Waals surface area contributed by atoms with Crippen molar-refractivity contribution >= 4 is 22.3 Å². The molecular weight excluding hydrogens is 444 g/mol. The molecule has 0 aliphatic heterocycles. The first-order chi connectivity index (χ1) is 15.6. The number of hydrogen-bond donors (Lipinski definition) is 2. The lowest BCUT2D eigenvalue weighted by Gasteiger charge is -2.21. The number of alkyl halides is 6. The Morgan fingerprint density at radius 1 is 0.788 bits per heavy atom. The van der Waals surface area contributed by atoms with Crippen LogP contribution >= 0.6 is 0 Å². The Morgan fingerprint density at radius 2 is 1.42 bits per heavy atom. The van der Waals surface area contributed by atoms with E-state index in [1.165, 1.54) is 24.5 Å². The Kier molecular flexibility index (Phi) is 6.05. The molecule has 0 amide bonds. The molecule has 33 heavy (non-hydrogen) atoms. The number of rotatable bonds is 6. The number of nitrogens with zero attached hydrogens (tertiary/aromatic N) is 1. The van der Waals surface area contributed by atoms with Crippen LogP contribution in [0.15, 0.2) is 67.1 Å². The highest BCUT2D eigenvalue weighted by atomic mass is 19.4. The van der Waals surface area contributed by atoms with Crippen LogP contribution in [-0.2, 0) is 25.2 Å². The molecule has 0 unspecified atom stereocenters. The van der Waals surface area contributed by atoms with E-state index in [1.54, 1.807) is 6.20 Å². The molecule has 172 valence electrons. The molecule has 2 aromatic heterocycles. The quantitative estimate of drug-likeness (QED) is 0.290. The van der Waals surface area contributed by atoms with E-state index in [9.17, 15) is 26.3 Å². The SMILES string of the molecule is FC(F)(F)c1cc(Nc2ccncc2)cc(C(F)(F)F)c1CCCc1c[nH]c2ccccc12. The second-order valence-corrected chi connectivity index (χ2v) is 7.62. The Balaban J connectivity index is 1.67. The molecule has 0 aliphatic carbocycles. The van der Waals surface area contributed by atoms with Crippen LogP contribution in [0.2, 0.25) is 0 Å². The molecule has 3 nitrogen and oxygen atoms in total. The highest BCUT2D eigenvalue weighted by molar-refractivity contribution is 5.83. The first-order valence-electron chi connectivity index (χ1n) is 10.2. The first-order valence-corrected chi connectivity index (χ1v) is 10.2. The summed E-state index contributed by atoms with van der Waals surface area (Å²) in [7, 11) is 0. The smallest absolute Gasteiger partial charge is 0.361 e. The van der Waals surface area contributed by atoms with E-state index in [0.717, 1.165) is 28.6 Å². The van der Waals surface area contributed by atoms with Crippen LogP contribution in [0.3, 0.4) is 0 Å². The molecule has 0 spiro atoms. The van der Waals surface area contributed by atoms with Crippen LogP contribution in [0.25, 0.3) is 10.9 Å². The van der Waals surface area contributed by atoms with Gasteiger partial charge in [0, 0.05) is 40.9 Å². The summed E-state index contributed by atoms with van der Waals surface area (Å²) in [5, 5.41) is 3.51. The molecule has 0 atom stereocenters. The zero-order valence-corrected chi connectivity index (χ0v) is 17.2. The number of hydrogen-bond acceptors (Lipinski definition) is 2. The number of aromatic nitrogens is 2. The van der Waals surface area contributed by atoms with Crippen LogP contribution < -0.4 is 5.32 Å². The number of nitrogens with one attached hydrogen (secondary N) is 2. The Morgan fingerprint density at radius 3 is 2.06 bits per heavy atom. The maximum Gasteiger partial charge on any atom is 0.416 e. The number of para-hydroxylation sites is 1. The van der Waals surface area contributed by atoms with Crippen molar-refractivity contribution in [2.75, 3.05) is 5.32 Å². The van der Waals surface area contributed by atoms with Crippen LogP contribution in [0.4, 0.5) is 37.7 Å². The minimum absolute atomic E-state index is 0.130. The zero-order valence-electron chi connectivity index (χ0n) is 17.2. The second-order valence-electron chi connectivity index (χ2n) is 7.62. The maximum absolute atomic E-state index is 13.8. The zero-order chi connectivity index (χ0) is 23.6. The molecular formula is C24H19F6N3. The summed E-state index contributed by atoms with van der Waals surface area (Å²) in [6, 6.07) is 11.8. The van der Waals surface area contributed by atoms with Crippen LogP contribution in [0.5, 0.6) is 0 Å². The molecule has 9 heteroatoms. The van der Waals surface area contributed by atoms with Gasteiger partial charge in [-0.2, -0.15) is 26.3 Å². The Hall–Kier alpha value is -3.49. The minimum Gasteiger partial charge on any atom is -0.361 e. The normalized spacial score (nSPS) is 12.3. The molecule has 0 radical (unpaired) electrons. The van der Waals surface area contributed by atoms with Gasteiger partial charge in [-0.1, -0.05) is 18.2 Å². The monoisotopic (exact) mass is 463 g/mol. The molecule has 2 N–H and O–H groups in total. The van der Waals surface area contributed by atoms with Gasteiger partial charge in [0.1, 0.15) is 0 Å². The third-order valence-electron chi connectivity index (χ3n) is 5.38. The van der Waals surface area contributed by atoms with E-state index in [-0.39, 0.29) is 18.5 Å². The van der Waals surface area contributed by atoms with Gasteiger partial charge in [-0.3, -0.25) is 4.98 Å². The average molecular weight is 463 g/mol. The van der Waals surface area contributed by atoms with Gasteiger partial charge in [0.2, 0.25) is 0 Å². The van der Waals surface area contributed by atoms with E-state index in [1.807, 2.05) is 24.3 Å². The van der Waals surface area contributed by atoms with Crippen molar-refractivity contribution in [3.05, 3.63) is 89.4 Å². The number of fused-ring (bicyclic) bond motifs is 1. The summed E-state index contributed by atoms with van der Waals surface area (Å²) in [6.07, 6.45) is -5.26. The van der Waals surface area contributed by atoms with Gasteiger partial charge in [0.05, 0.1) is 11.1 Å². The number of H-pyrrole nitrogens is 1. The van der Waals surface area contributed by atoms with Gasteiger partial charge in [-0.25, -0.2) is 0 Å². The number of anilines is 2. The van der Waals surface area contributed by atoms with Gasteiger partial charge in [0.25, 0.3) is 0 Å². The van der Waals surface area contributed by atoms with Gasteiger partial charge < -0.3 is 10.3 Å². The lowest BCUT2D eigenvalue weighted by Crippen LogP contribution is -2.17. The lowest BCUT2D eigenvalue weighted by atomic mass is 9.93. The van der Waals surface area contributed by atoms with E-state index in [0.29, 0.717) is 12.1 Å². The van der Waals surface area contributed by atoms with Gasteiger partial charge >= 0.3 is 12.4 Å². The molecule has 0 saturated carbocycles. The van der Waals surface area contributed by atoms with E-state index < -0.39 is 29.0 Å². The summed E-state index contributed by atoms with van der Waals surface area (Å²) in [6.45, 7) is 0. The number of aromatic amines is 1. The summed E-state index contributed by atoms with van der Waals surface area (Å²) in [4.78, 5) is 6.85. The van der Waals surface area contributed by atoms with Crippen LogP contribution in [0, 0.1) is 0 Å². The highest BCUT2D eigenvalue weighted by Crippen LogP contribution is 2.42. The number of pyridine rings is 1. The van der Waals surface area contributed by atoms with Crippen molar-refractivity contribution in [1.82, 2.24) is 9.97 Å². The maximum atomic E-state index is 13.8. The van der Waals surface area contributed by atoms with Crippen LogP contribution in [-0.4, -0.2) is 9.97 Å². The molecule has 0 saturated heterocycles.